The highest BCUT2D eigenvalue weighted by Crippen LogP contribution is 2.30. The summed E-state index contributed by atoms with van der Waals surface area (Å²) in [5.41, 5.74) is 6.35. The molecule has 0 radical (unpaired) electrons. The molecule has 1 amide bonds. The average molecular weight is 442 g/mol. The van der Waals surface area contributed by atoms with Gasteiger partial charge in [0.1, 0.15) is 5.69 Å². The Morgan fingerprint density at radius 1 is 0.818 bits per heavy atom. The number of piperazine rings is 1. The Morgan fingerprint density at radius 2 is 1.58 bits per heavy atom. The van der Waals surface area contributed by atoms with Crippen molar-refractivity contribution >= 4 is 17.4 Å². The number of carbonyl (C=O) groups excluding carboxylic acids is 1. The van der Waals surface area contributed by atoms with Gasteiger partial charge in [0.05, 0.1) is 0 Å². The fraction of sp³-hybridized carbons (Fsp3) is 0.370. The van der Waals surface area contributed by atoms with Gasteiger partial charge < -0.3 is 14.7 Å². The lowest BCUT2D eigenvalue weighted by atomic mass is 10.1. The Kier molecular flexibility index (Phi) is 5.99. The molecule has 2 aliphatic rings. The van der Waals surface area contributed by atoms with Gasteiger partial charge in [-0.15, -0.1) is 0 Å². The fourth-order valence-corrected chi connectivity index (χ4v) is 4.89. The minimum absolute atomic E-state index is 0.0871. The molecule has 2 aromatic carbocycles. The molecule has 2 fully saturated rings. The average Bonchev–Trinajstić information content (AvgIpc) is 3.40. The lowest BCUT2D eigenvalue weighted by Crippen LogP contribution is -2.49. The highest BCUT2D eigenvalue weighted by atomic mass is 16.2. The molecular formula is C27H31N5O. The van der Waals surface area contributed by atoms with E-state index in [-0.39, 0.29) is 5.91 Å². The minimum atomic E-state index is 0.0871. The molecule has 3 aromatic rings. The highest BCUT2D eigenvalue weighted by molar-refractivity contribution is 5.96. The number of carbonyl (C=O) groups is 1. The molecule has 0 spiro atoms. The Labute approximate surface area is 195 Å². The van der Waals surface area contributed by atoms with Crippen LogP contribution < -0.4 is 9.80 Å². The zero-order valence-electron chi connectivity index (χ0n) is 19.5. The van der Waals surface area contributed by atoms with Gasteiger partial charge in [0.2, 0.25) is 0 Å². The molecular weight excluding hydrogens is 410 g/mol. The number of aryl methyl sites for hydroxylation is 2. The maximum Gasteiger partial charge on any atom is 0.253 e. The molecule has 0 unspecified atom stereocenters. The summed E-state index contributed by atoms with van der Waals surface area (Å²) in [6.45, 7) is 9.44. The second kappa shape index (κ2) is 9.22. The summed E-state index contributed by atoms with van der Waals surface area (Å²) in [5, 5.41) is 0. The van der Waals surface area contributed by atoms with Gasteiger partial charge in [0.25, 0.3) is 5.91 Å². The number of amides is 1. The molecule has 33 heavy (non-hydrogen) atoms. The summed E-state index contributed by atoms with van der Waals surface area (Å²) in [5.74, 6) is 1.01. The van der Waals surface area contributed by atoms with E-state index in [4.69, 9.17) is 0 Å². The Bertz CT molecular complexity index is 1150. The van der Waals surface area contributed by atoms with Crippen LogP contribution in [0.1, 0.15) is 34.3 Å². The second-order valence-corrected chi connectivity index (χ2v) is 9.07. The largest absolute Gasteiger partial charge is 0.368 e. The summed E-state index contributed by atoms with van der Waals surface area (Å²) < 4.78 is 0. The van der Waals surface area contributed by atoms with E-state index >= 15 is 0 Å². The van der Waals surface area contributed by atoms with E-state index in [1.807, 2.05) is 29.2 Å². The molecule has 170 valence electrons. The van der Waals surface area contributed by atoms with Crippen LogP contribution in [0.2, 0.25) is 0 Å². The third-order valence-electron chi connectivity index (χ3n) is 6.74. The second-order valence-electron chi connectivity index (χ2n) is 9.07. The lowest BCUT2D eigenvalue weighted by Gasteiger charge is -2.37. The zero-order valence-corrected chi connectivity index (χ0v) is 19.5. The van der Waals surface area contributed by atoms with Gasteiger partial charge in [-0.1, -0.05) is 24.3 Å². The molecule has 0 atom stereocenters. The first-order chi connectivity index (χ1) is 16.1. The van der Waals surface area contributed by atoms with Crippen molar-refractivity contribution in [2.75, 3.05) is 49.1 Å². The SMILES string of the molecule is Cc1ccc(C)c(N2CCN(C(=O)c3cccc(-c4nccnc4N4CCCC4)c3)CC2)c1. The van der Waals surface area contributed by atoms with Crippen molar-refractivity contribution in [2.45, 2.75) is 26.7 Å². The summed E-state index contributed by atoms with van der Waals surface area (Å²) in [7, 11) is 0. The number of hydrogen-bond donors (Lipinski definition) is 0. The third kappa shape index (κ3) is 4.42. The molecule has 0 aliphatic carbocycles. The van der Waals surface area contributed by atoms with Crippen molar-refractivity contribution < 1.29 is 4.79 Å². The fourth-order valence-electron chi connectivity index (χ4n) is 4.89. The van der Waals surface area contributed by atoms with Gasteiger partial charge in [-0.3, -0.25) is 9.78 Å². The monoisotopic (exact) mass is 441 g/mol. The van der Waals surface area contributed by atoms with E-state index in [0.717, 1.165) is 56.3 Å². The van der Waals surface area contributed by atoms with Crippen molar-refractivity contribution in [2.24, 2.45) is 0 Å². The van der Waals surface area contributed by atoms with Crippen molar-refractivity contribution in [1.82, 2.24) is 14.9 Å². The first-order valence-corrected chi connectivity index (χ1v) is 11.9. The number of nitrogens with zero attached hydrogens (tertiary/aromatic N) is 5. The predicted octanol–water partition coefficient (Wildman–Crippen LogP) is 4.32. The van der Waals surface area contributed by atoms with E-state index in [2.05, 4.69) is 51.8 Å². The van der Waals surface area contributed by atoms with E-state index in [1.54, 1.807) is 12.4 Å². The lowest BCUT2D eigenvalue weighted by molar-refractivity contribution is 0.0747. The molecule has 5 rings (SSSR count). The Morgan fingerprint density at radius 3 is 2.36 bits per heavy atom. The van der Waals surface area contributed by atoms with E-state index < -0.39 is 0 Å². The van der Waals surface area contributed by atoms with E-state index in [0.29, 0.717) is 5.56 Å². The predicted molar refractivity (Wildman–Crippen MR) is 133 cm³/mol. The normalized spacial score (nSPS) is 16.4. The first-order valence-electron chi connectivity index (χ1n) is 11.9. The number of benzene rings is 2. The number of aromatic nitrogens is 2. The quantitative estimate of drug-likeness (QED) is 0.603. The molecule has 0 bridgehead atoms. The van der Waals surface area contributed by atoms with Crippen LogP contribution >= 0.6 is 0 Å². The van der Waals surface area contributed by atoms with Crippen LogP contribution in [0, 0.1) is 13.8 Å². The van der Waals surface area contributed by atoms with E-state index in [1.165, 1.54) is 29.7 Å². The smallest absolute Gasteiger partial charge is 0.253 e. The summed E-state index contributed by atoms with van der Waals surface area (Å²) in [4.78, 5) is 29.3. The van der Waals surface area contributed by atoms with Gasteiger partial charge in [-0.05, 0) is 56.0 Å². The van der Waals surface area contributed by atoms with Gasteiger partial charge in [0, 0.05) is 68.5 Å². The molecule has 2 aliphatic heterocycles. The van der Waals surface area contributed by atoms with Gasteiger partial charge in [0.15, 0.2) is 5.82 Å². The van der Waals surface area contributed by atoms with Crippen molar-refractivity contribution in [3.05, 3.63) is 71.5 Å². The van der Waals surface area contributed by atoms with Crippen LogP contribution in [0.3, 0.4) is 0 Å². The van der Waals surface area contributed by atoms with Crippen LogP contribution in [0.25, 0.3) is 11.3 Å². The third-order valence-corrected chi connectivity index (χ3v) is 6.74. The summed E-state index contributed by atoms with van der Waals surface area (Å²) in [6.07, 6.45) is 5.85. The first kappa shape index (κ1) is 21.4. The number of hydrogen-bond acceptors (Lipinski definition) is 5. The topological polar surface area (TPSA) is 52.6 Å². The van der Waals surface area contributed by atoms with E-state index in [9.17, 15) is 4.79 Å². The van der Waals surface area contributed by atoms with Crippen molar-refractivity contribution in [3.63, 3.8) is 0 Å². The van der Waals surface area contributed by atoms with Crippen molar-refractivity contribution in [3.8, 4) is 11.3 Å². The van der Waals surface area contributed by atoms with Crippen LogP contribution in [0.15, 0.2) is 54.9 Å². The maximum absolute atomic E-state index is 13.3. The number of rotatable bonds is 4. The minimum Gasteiger partial charge on any atom is -0.368 e. The van der Waals surface area contributed by atoms with Crippen LogP contribution in [0.5, 0.6) is 0 Å². The Hall–Kier alpha value is -3.41. The summed E-state index contributed by atoms with van der Waals surface area (Å²) in [6, 6.07) is 14.4. The van der Waals surface area contributed by atoms with Crippen LogP contribution in [-0.4, -0.2) is 60.0 Å². The Balaban J connectivity index is 1.32. The van der Waals surface area contributed by atoms with Crippen LogP contribution in [0.4, 0.5) is 11.5 Å². The molecule has 0 saturated carbocycles. The summed E-state index contributed by atoms with van der Waals surface area (Å²) >= 11 is 0. The van der Waals surface area contributed by atoms with Gasteiger partial charge in [-0.2, -0.15) is 0 Å². The van der Waals surface area contributed by atoms with Gasteiger partial charge >= 0.3 is 0 Å². The van der Waals surface area contributed by atoms with Gasteiger partial charge in [-0.25, -0.2) is 4.98 Å². The maximum atomic E-state index is 13.3. The number of anilines is 2. The molecule has 6 heteroatoms. The molecule has 1 aromatic heterocycles. The highest BCUT2D eigenvalue weighted by Gasteiger charge is 2.24. The van der Waals surface area contributed by atoms with Crippen molar-refractivity contribution in [1.29, 1.82) is 0 Å². The zero-order chi connectivity index (χ0) is 22.8. The molecule has 6 nitrogen and oxygen atoms in total. The van der Waals surface area contributed by atoms with Crippen LogP contribution in [-0.2, 0) is 0 Å². The molecule has 0 N–H and O–H groups in total. The molecule has 3 heterocycles. The molecule has 2 saturated heterocycles. The standard InChI is InChI=1S/C27H31N5O/c1-20-8-9-21(2)24(18-20)30-14-16-32(17-15-30)27(33)23-7-5-6-22(19-23)25-26(29-11-10-28-25)31-12-3-4-13-31/h5-11,18-19H,3-4,12-17H2,1-2H3.